The zero-order valence-electron chi connectivity index (χ0n) is 8.18. The Hall–Kier alpha value is -1.76. The van der Waals surface area contributed by atoms with Crippen LogP contribution in [-0.4, -0.2) is 15.1 Å². The fraction of sp³-hybridized carbons (Fsp3) is 0.111. The SMILES string of the molecule is Cc1ccc([N+](=O)[O-])c(-c2nc(Br)no2)c1. The van der Waals surface area contributed by atoms with E-state index in [1.807, 2.05) is 6.92 Å². The highest BCUT2D eigenvalue weighted by atomic mass is 79.9. The average molecular weight is 284 g/mol. The topological polar surface area (TPSA) is 82.1 Å². The molecule has 7 heteroatoms. The van der Waals surface area contributed by atoms with Crippen LogP contribution in [0.5, 0.6) is 0 Å². The molecule has 0 N–H and O–H groups in total. The molecule has 2 rings (SSSR count). The summed E-state index contributed by atoms with van der Waals surface area (Å²) >= 11 is 3.02. The number of halogens is 1. The van der Waals surface area contributed by atoms with Crippen LogP contribution in [0.15, 0.2) is 27.5 Å². The van der Waals surface area contributed by atoms with Crippen molar-refractivity contribution in [3.63, 3.8) is 0 Å². The van der Waals surface area contributed by atoms with Crippen LogP contribution in [0.3, 0.4) is 0 Å². The molecule has 0 spiro atoms. The number of rotatable bonds is 2. The van der Waals surface area contributed by atoms with Gasteiger partial charge in [0.15, 0.2) is 0 Å². The van der Waals surface area contributed by atoms with E-state index in [4.69, 9.17) is 4.52 Å². The first-order valence-electron chi connectivity index (χ1n) is 4.32. The van der Waals surface area contributed by atoms with Gasteiger partial charge in [-0.05, 0) is 39.6 Å². The van der Waals surface area contributed by atoms with E-state index in [0.717, 1.165) is 5.56 Å². The highest BCUT2D eigenvalue weighted by molar-refractivity contribution is 9.10. The minimum absolute atomic E-state index is 0.0539. The van der Waals surface area contributed by atoms with E-state index in [-0.39, 0.29) is 16.3 Å². The maximum absolute atomic E-state index is 10.8. The third kappa shape index (κ3) is 1.94. The van der Waals surface area contributed by atoms with Crippen molar-refractivity contribution in [2.24, 2.45) is 0 Å². The number of aryl methyl sites for hydroxylation is 1. The minimum atomic E-state index is -0.479. The second-order valence-corrected chi connectivity index (χ2v) is 3.86. The molecule has 0 saturated carbocycles. The van der Waals surface area contributed by atoms with E-state index in [1.165, 1.54) is 6.07 Å². The van der Waals surface area contributed by atoms with E-state index in [2.05, 4.69) is 26.1 Å². The summed E-state index contributed by atoms with van der Waals surface area (Å²) in [5.74, 6) is 0.127. The fourth-order valence-corrected chi connectivity index (χ4v) is 1.53. The Labute approximate surface area is 98.6 Å². The van der Waals surface area contributed by atoms with Gasteiger partial charge >= 0.3 is 0 Å². The maximum atomic E-state index is 10.8. The summed E-state index contributed by atoms with van der Waals surface area (Å²) in [5, 5.41) is 14.3. The van der Waals surface area contributed by atoms with Gasteiger partial charge in [-0.25, -0.2) is 0 Å². The van der Waals surface area contributed by atoms with Gasteiger partial charge in [0.1, 0.15) is 5.56 Å². The van der Waals surface area contributed by atoms with Gasteiger partial charge in [-0.3, -0.25) is 10.1 Å². The molecule has 0 unspecified atom stereocenters. The predicted molar refractivity (Wildman–Crippen MR) is 58.8 cm³/mol. The lowest BCUT2D eigenvalue weighted by Crippen LogP contribution is -1.92. The Morgan fingerprint density at radius 3 is 2.81 bits per heavy atom. The van der Waals surface area contributed by atoms with Crippen molar-refractivity contribution >= 4 is 21.6 Å². The first-order valence-corrected chi connectivity index (χ1v) is 5.12. The zero-order valence-corrected chi connectivity index (χ0v) is 9.76. The number of benzene rings is 1. The minimum Gasteiger partial charge on any atom is -0.333 e. The van der Waals surface area contributed by atoms with Gasteiger partial charge in [-0.1, -0.05) is 6.07 Å². The molecule has 0 radical (unpaired) electrons. The molecule has 0 saturated heterocycles. The van der Waals surface area contributed by atoms with Gasteiger partial charge in [0.25, 0.3) is 11.6 Å². The molecule has 0 atom stereocenters. The van der Waals surface area contributed by atoms with Crippen LogP contribution >= 0.6 is 15.9 Å². The molecule has 0 aliphatic carbocycles. The quantitative estimate of drug-likeness (QED) is 0.625. The van der Waals surface area contributed by atoms with Crippen molar-refractivity contribution in [3.8, 4) is 11.5 Å². The highest BCUT2D eigenvalue weighted by Gasteiger charge is 2.19. The van der Waals surface area contributed by atoms with Crippen LogP contribution in [0.4, 0.5) is 5.69 Å². The monoisotopic (exact) mass is 283 g/mol. The molecule has 0 aliphatic heterocycles. The van der Waals surface area contributed by atoms with Crippen LogP contribution in [0.1, 0.15) is 5.56 Å². The first kappa shape index (κ1) is 10.7. The number of hydrogen-bond acceptors (Lipinski definition) is 5. The van der Waals surface area contributed by atoms with Crippen molar-refractivity contribution in [1.82, 2.24) is 10.1 Å². The van der Waals surface area contributed by atoms with Crippen LogP contribution in [0.25, 0.3) is 11.5 Å². The van der Waals surface area contributed by atoms with Crippen molar-refractivity contribution in [1.29, 1.82) is 0 Å². The van der Waals surface area contributed by atoms with E-state index in [1.54, 1.807) is 12.1 Å². The smallest absolute Gasteiger partial charge is 0.282 e. The fourth-order valence-electron chi connectivity index (χ4n) is 1.30. The second-order valence-electron chi connectivity index (χ2n) is 3.15. The zero-order chi connectivity index (χ0) is 11.7. The van der Waals surface area contributed by atoms with E-state index >= 15 is 0 Å². The molecule has 6 nitrogen and oxygen atoms in total. The first-order chi connectivity index (χ1) is 7.58. The number of nitro benzene ring substituents is 1. The second kappa shape index (κ2) is 4.01. The normalized spacial score (nSPS) is 10.4. The lowest BCUT2D eigenvalue weighted by atomic mass is 10.1. The van der Waals surface area contributed by atoms with Gasteiger partial charge in [-0.2, -0.15) is 4.98 Å². The largest absolute Gasteiger partial charge is 0.333 e. The van der Waals surface area contributed by atoms with Crippen LogP contribution < -0.4 is 0 Å². The molecule has 0 fully saturated rings. The van der Waals surface area contributed by atoms with Gasteiger partial charge in [0.05, 0.1) is 4.92 Å². The van der Waals surface area contributed by atoms with Gasteiger partial charge in [-0.15, -0.1) is 0 Å². The molecule has 2 aromatic rings. The lowest BCUT2D eigenvalue weighted by molar-refractivity contribution is -0.384. The van der Waals surface area contributed by atoms with Gasteiger partial charge in [0.2, 0.25) is 4.73 Å². The molecule has 1 heterocycles. The van der Waals surface area contributed by atoms with Crippen molar-refractivity contribution in [3.05, 3.63) is 38.6 Å². The van der Waals surface area contributed by atoms with Crippen LogP contribution in [0, 0.1) is 17.0 Å². The number of aromatic nitrogens is 2. The summed E-state index contributed by atoms with van der Waals surface area (Å²) in [7, 11) is 0. The Bertz CT molecular complexity index is 553. The highest BCUT2D eigenvalue weighted by Crippen LogP contribution is 2.29. The number of nitro groups is 1. The van der Waals surface area contributed by atoms with Crippen LogP contribution in [-0.2, 0) is 0 Å². The molecule has 0 bridgehead atoms. The number of hydrogen-bond donors (Lipinski definition) is 0. The maximum Gasteiger partial charge on any atom is 0.282 e. The molecule has 1 aromatic carbocycles. The summed E-state index contributed by atoms with van der Waals surface area (Å²) in [5.41, 5.74) is 1.15. The third-order valence-electron chi connectivity index (χ3n) is 1.98. The lowest BCUT2D eigenvalue weighted by Gasteiger charge is -1.98. The third-order valence-corrected chi connectivity index (χ3v) is 2.30. The summed E-state index contributed by atoms with van der Waals surface area (Å²) in [6, 6.07) is 4.72. The molecular weight excluding hydrogens is 278 g/mol. The van der Waals surface area contributed by atoms with Crippen molar-refractivity contribution in [2.75, 3.05) is 0 Å². The van der Waals surface area contributed by atoms with Gasteiger partial charge < -0.3 is 4.52 Å². The van der Waals surface area contributed by atoms with Crippen LogP contribution in [0.2, 0.25) is 0 Å². The molecule has 16 heavy (non-hydrogen) atoms. The Morgan fingerprint density at radius 1 is 1.50 bits per heavy atom. The molecule has 0 aliphatic rings. The van der Waals surface area contributed by atoms with E-state index < -0.39 is 4.92 Å². The van der Waals surface area contributed by atoms with Crippen molar-refractivity contribution < 1.29 is 9.45 Å². The van der Waals surface area contributed by atoms with E-state index in [0.29, 0.717) is 5.56 Å². The standard InChI is InChI=1S/C9H6BrN3O3/c1-5-2-3-7(13(14)15)6(4-5)8-11-9(10)12-16-8/h2-4H,1H3. The molecule has 82 valence electrons. The summed E-state index contributed by atoms with van der Waals surface area (Å²) in [4.78, 5) is 14.2. The molecule has 0 amide bonds. The summed E-state index contributed by atoms with van der Waals surface area (Å²) in [6.45, 7) is 1.83. The predicted octanol–water partition coefficient (Wildman–Crippen LogP) is 2.72. The summed E-state index contributed by atoms with van der Waals surface area (Å²) < 4.78 is 5.15. The average Bonchev–Trinajstić information content (AvgIpc) is 2.64. The number of nitrogens with zero attached hydrogens (tertiary/aromatic N) is 3. The Kier molecular flexibility index (Phi) is 2.69. The Balaban J connectivity index is 2.62. The summed E-state index contributed by atoms with van der Waals surface area (Å²) in [6.07, 6.45) is 0. The van der Waals surface area contributed by atoms with Gasteiger partial charge in [0, 0.05) is 6.07 Å². The van der Waals surface area contributed by atoms with E-state index in [9.17, 15) is 10.1 Å². The molecule has 1 aromatic heterocycles. The molecular formula is C9H6BrN3O3. The Morgan fingerprint density at radius 2 is 2.25 bits per heavy atom. The van der Waals surface area contributed by atoms with Crippen molar-refractivity contribution in [2.45, 2.75) is 6.92 Å².